The Morgan fingerprint density at radius 1 is 0.865 bits per heavy atom. The standard InChI is InChI=1S/C28H43NO8/c1-8-17(4)13-25(30)35-20(7)16-29-22(26(31)32)14-21-11-12-23(36-27(33)18(5)9-2)24(15-21)37-28(34)19(6)10-3/h11-12,15,17-20,22,29H,8-10,13-14,16H2,1-7H3,(H,31,32)/t17?,18?,19?,20?,22-/m0/s1. The lowest BCUT2D eigenvalue weighted by Gasteiger charge is -2.20. The van der Waals surface area contributed by atoms with E-state index in [-0.39, 0.29) is 48.2 Å². The average molecular weight is 522 g/mol. The zero-order valence-corrected chi connectivity index (χ0v) is 23.2. The molecule has 1 aromatic rings. The number of carboxylic acid groups (broad SMARTS) is 1. The molecule has 0 saturated carbocycles. The lowest BCUT2D eigenvalue weighted by molar-refractivity contribution is -0.149. The Balaban J connectivity index is 3.00. The smallest absolute Gasteiger partial charge is 0.321 e. The highest BCUT2D eigenvalue weighted by atomic mass is 16.6. The second kappa shape index (κ2) is 16.0. The van der Waals surface area contributed by atoms with Crippen LogP contribution in [0.2, 0.25) is 0 Å². The van der Waals surface area contributed by atoms with Crippen molar-refractivity contribution in [3.63, 3.8) is 0 Å². The monoisotopic (exact) mass is 521 g/mol. The fraction of sp³-hybridized carbons (Fsp3) is 0.643. The van der Waals surface area contributed by atoms with Gasteiger partial charge in [-0.05, 0) is 49.8 Å². The minimum Gasteiger partial charge on any atom is -0.480 e. The summed E-state index contributed by atoms with van der Waals surface area (Å²) in [6, 6.07) is 3.68. The first-order valence-electron chi connectivity index (χ1n) is 13.1. The molecule has 9 nitrogen and oxygen atoms in total. The van der Waals surface area contributed by atoms with Crippen LogP contribution < -0.4 is 14.8 Å². The molecule has 208 valence electrons. The Labute approximate surface area is 220 Å². The third-order valence-corrected chi connectivity index (χ3v) is 6.39. The molecule has 1 rings (SSSR count). The summed E-state index contributed by atoms with van der Waals surface area (Å²) in [5.41, 5.74) is 0.566. The number of ether oxygens (including phenoxy) is 3. The number of hydrogen-bond acceptors (Lipinski definition) is 8. The number of esters is 3. The first kappa shape index (κ1) is 32.1. The van der Waals surface area contributed by atoms with Crippen molar-refractivity contribution >= 4 is 23.9 Å². The van der Waals surface area contributed by atoms with Crippen LogP contribution in [0.1, 0.15) is 79.7 Å². The third kappa shape index (κ3) is 11.3. The molecule has 2 N–H and O–H groups in total. The van der Waals surface area contributed by atoms with Gasteiger partial charge in [0, 0.05) is 13.0 Å². The summed E-state index contributed by atoms with van der Waals surface area (Å²) in [5.74, 6) is -2.62. The van der Waals surface area contributed by atoms with Crippen LogP contribution in [0.25, 0.3) is 0 Å². The Hall–Kier alpha value is -2.94. The van der Waals surface area contributed by atoms with Crippen LogP contribution >= 0.6 is 0 Å². The highest BCUT2D eigenvalue weighted by molar-refractivity contribution is 5.78. The summed E-state index contributed by atoms with van der Waals surface area (Å²) in [7, 11) is 0. The molecule has 0 saturated heterocycles. The van der Waals surface area contributed by atoms with E-state index in [2.05, 4.69) is 5.32 Å². The maximum Gasteiger partial charge on any atom is 0.321 e. The highest BCUT2D eigenvalue weighted by Gasteiger charge is 2.23. The van der Waals surface area contributed by atoms with Crippen molar-refractivity contribution in [1.29, 1.82) is 0 Å². The quantitative estimate of drug-likeness (QED) is 0.238. The molecule has 5 atom stereocenters. The molecule has 0 aliphatic heterocycles. The molecular formula is C28H43NO8. The predicted octanol–water partition coefficient (Wildman–Crippen LogP) is 4.54. The molecule has 0 spiro atoms. The molecule has 9 heteroatoms. The summed E-state index contributed by atoms with van der Waals surface area (Å²) >= 11 is 0. The lowest BCUT2D eigenvalue weighted by atomic mass is 10.0. The molecular weight excluding hydrogens is 478 g/mol. The van der Waals surface area contributed by atoms with Gasteiger partial charge in [-0.15, -0.1) is 0 Å². The van der Waals surface area contributed by atoms with Crippen LogP contribution in [-0.4, -0.2) is 47.7 Å². The zero-order chi connectivity index (χ0) is 28.1. The van der Waals surface area contributed by atoms with Crippen LogP contribution in [0, 0.1) is 17.8 Å². The first-order chi connectivity index (χ1) is 17.4. The number of rotatable bonds is 16. The van der Waals surface area contributed by atoms with E-state index < -0.39 is 30.1 Å². The predicted molar refractivity (Wildman–Crippen MR) is 139 cm³/mol. The van der Waals surface area contributed by atoms with Gasteiger partial charge >= 0.3 is 23.9 Å². The first-order valence-corrected chi connectivity index (χ1v) is 13.1. The second-order valence-corrected chi connectivity index (χ2v) is 9.76. The second-order valence-electron chi connectivity index (χ2n) is 9.76. The summed E-state index contributed by atoms with van der Waals surface area (Å²) < 4.78 is 16.4. The molecule has 37 heavy (non-hydrogen) atoms. The van der Waals surface area contributed by atoms with E-state index in [0.29, 0.717) is 24.8 Å². The Bertz CT molecular complexity index is 915. The number of benzene rings is 1. The number of carbonyl (C=O) groups is 4. The van der Waals surface area contributed by atoms with Gasteiger partial charge in [0.05, 0.1) is 11.8 Å². The number of hydrogen-bond donors (Lipinski definition) is 2. The minimum atomic E-state index is -1.08. The largest absolute Gasteiger partial charge is 0.480 e. The molecule has 0 aliphatic rings. The fourth-order valence-corrected chi connectivity index (χ4v) is 3.13. The topological polar surface area (TPSA) is 128 Å². The SMILES string of the molecule is CCC(C)CC(=O)OC(C)CN[C@@H](Cc1ccc(OC(=O)C(C)CC)c(OC(=O)C(C)CC)c1)C(=O)O. The van der Waals surface area contributed by atoms with Gasteiger partial charge in [-0.3, -0.25) is 19.2 Å². The van der Waals surface area contributed by atoms with Crippen LogP contribution in [0.3, 0.4) is 0 Å². The van der Waals surface area contributed by atoms with E-state index in [1.165, 1.54) is 12.1 Å². The normalized spacial score (nSPS) is 15.1. The van der Waals surface area contributed by atoms with Crippen molar-refractivity contribution in [3.05, 3.63) is 23.8 Å². The number of nitrogens with one attached hydrogen (secondary N) is 1. The molecule has 1 aromatic carbocycles. The number of carbonyl (C=O) groups excluding carboxylic acids is 3. The van der Waals surface area contributed by atoms with E-state index >= 15 is 0 Å². The summed E-state index contributed by atoms with van der Waals surface area (Å²) in [4.78, 5) is 48.7. The van der Waals surface area contributed by atoms with Gasteiger partial charge in [0.2, 0.25) is 0 Å². The molecule has 0 aromatic heterocycles. The van der Waals surface area contributed by atoms with Gasteiger partial charge in [-0.1, -0.05) is 54.0 Å². The average Bonchev–Trinajstić information content (AvgIpc) is 2.86. The Morgan fingerprint density at radius 2 is 1.43 bits per heavy atom. The Kier molecular flexibility index (Phi) is 13.9. The van der Waals surface area contributed by atoms with Crippen molar-refractivity contribution in [2.24, 2.45) is 17.8 Å². The maximum atomic E-state index is 12.5. The van der Waals surface area contributed by atoms with Crippen molar-refractivity contribution in [1.82, 2.24) is 5.32 Å². The minimum absolute atomic E-state index is 0.0657. The Morgan fingerprint density at radius 3 is 1.95 bits per heavy atom. The van der Waals surface area contributed by atoms with Gasteiger partial charge in [0.1, 0.15) is 12.1 Å². The van der Waals surface area contributed by atoms with Crippen LogP contribution in [0.15, 0.2) is 18.2 Å². The van der Waals surface area contributed by atoms with Crippen LogP contribution in [-0.2, 0) is 30.3 Å². The molecule has 0 aliphatic carbocycles. The van der Waals surface area contributed by atoms with Crippen molar-refractivity contribution in [3.8, 4) is 11.5 Å². The van der Waals surface area contributed by atoms with Gasteiger partial charge in [-0.25, -0.2) is 0 Å². The van der Waals surface area contributed by atoms with Crippen molar-refractivity contribution < 1.29 is 38.5 Å². The van der Waals surface area contributed by atoms with Crippen molar-refractivity contribution in [2.45, 2.75) is 92.7 Å². The zero-order valence-electron chi connectivity index (χ0n) is 23.2. The maximum absolute atomic E-state index is 12.5. The molecule has 0 fully saturated rings. The van der Waals surface area contributed by atoms with Crippen molar-refractivity contribution in [2.75, 3.05) is 6.54 Å². The summed E-state index contributed by atoms with van der Waals surface area (Å²) in [5, 5.41) is 12.7. The highest BCUT2D eigenvalue weighted by Crippen LogP contribution is 2.31. The molecule has 4 unspecified atom stereocenters. The van der Waals surface area contributed by atoms with E-state index in [9.17, 15) is 24.3 Å². The van der Waals surface area contributed by atoms with E-state index in [1.54, 1.807) is 26.8 Å². The molecule has 0 heterocycles. The van der Waals surface area contributed by atoms with Gasteiger partial charge in [0.25, 0.3) is 0 Å². The molecule has 0 radical (unpaired) electrons. The summed E-state index contributed by atoms with van der Waals surface area (Å²) in [6.45, 7) is 13.0. The number of aliphatic carboxylic acids is 1. The van der Waals surface area contributed by atoms with E-state index in [1.807, 2.05) is 27.7 Å². The van der Waals surface area contributed by atoms with Crippen LogP contribution in [0.5, 0.6) is 11.5 Å². The van der Waals surface area contributed by atoms with E-state index in [0.717, 1.165) is 6.42 Å². The number of carboxylic acids is 1. The lowest BCUT2D eigenvalue weighted by Crippen LogP contribution is -2.42. The van der Waals surface area contributed by atoms with Crippen LogP contribution in [0.4, 0.5) is 0 Å². The van der Waals surface area contributed by atoms with E-state index in [4.69, 9.17) is 14.2 Å². The molecule has 0 bridgehead atoms. The third-order valence-electron chi connectivity index (χ3n) is 6.39. The van der Waals surface area contributed by atoms with Gasteiger partial charge in [-0.2, -0.15) is 0 Å². The van der Waals surface area contributed by atoms with Gasteiger partial charge < -0.3 is 24.6 Å². The fourth-order valence-electron chi connectivity index (χ4n) is 3.13. The summed E-state index contributed by atoms with van der Waals surface area (Å²) in [6.07, 6.45) is 1.91. The molecule has 0 amide bonds. The van der Waals surface area contributed by atoms with Gasteiger partial charge in [0.15, 0.2) is 11.5 Å².